The summed E-state index contributed by atoms with van der Waals surface area (Å²) in [5.41, 5.74) is 1.47. The molecule has 2 aromatic carbocycles. The molecule has 290 valence electrons. The van der Waals surface area contributed by atoms with Gasteiger partial charge in [-0.05, 0) is 75.1 Å². The topological polar surface area (TPSA) is 185 Å². The maximum absolute atomic E-state index is 13.3. The van der Waals surface area contributed by atoms with Crippen molar-refractivity contribution < 1.29 is 33.4 Å². The fourth-order valence-electron chi connectivity index (χ4n) is 7.88. The number of pyridine rings is 1. The number of carbonyl (C=O) groups is 5. The van der Waals surface area contributed by atoms with Gasteiger partial charge in [-0.15, -0.1) is 0 Å². The Morgan fingerprint density at radius 3 is 2.52 bits per heavy atom. The van der Waals surface area contributed by atoms with Crippen LogP contribution in [0.4, 0.5) is 17.5 Å². The van der Waals surface area contributed by atoms with E-state index in [9.17, 15) is 28.8 Å². The summed E-state index contributed by atoms with van der Waals surface area (Å²) in [4.78, 5) is 89.3. The molecule has 6 heterocycles. The highest BCUT2D eigenvalue weighted by atomic mass is 35.5. The zero-order valence-electron chi connectivity index (χ0n) is 30.7. The van der Waals surface area contributed by atoms with Crippen LogP contribution >= 0.6 is 11.6 Å². The molecule has 16 nitrogen and oxygen atoms in total. The van der Waals surface area contributed by atoms with E-state index in [1.807, 2.05) is 18.2 Å². The number of rotatable bonds is 10. The lowest BCUT2D eigenvalue weighted by Gasteiger charge is -2.36. The summed E-state index contributed by atoms with van der Waals surface area (Å²) in [5.74, 6) is -0.784. The first-order chi connectivity index (χ1) is 26.9. The van der Waals surface area contributed by atoms with Crippen molar-refractivity contribution >= 4 is 69.4 Å². The van der Waals surface area contributed by atoms with Crippen molar-refractivity contribution in [1.82, 2.24) is 29.7 Å². The number of amides is 4. The lowest BCUT2D eigenvalue weighted by Crippen LogP contribution is -2.54. The standard InChI is InChI=1S/C39H39ClN8O8/c1-21(49)20-55-32-16-22-15-23(3-6-30(22)45(2)38(32)54)42-34-29(40)18-41-39(44-34)46-12-9-24(10-13-46)47-14-11-26(19-47)56-25-4-5-27-28(17-25)37(53)48(36(27)52)31-7-8-33(50)43-35(31)51/h3-6,15-18,24,26,31H,7-14,19-20H2,1-2H3,(H,41,42,44)(H,43,50,51). The highest BCUT2D eigenvalue weighted by Crippen LogP contribution is 2.33. The van der Waals surface area contributed by atoms with E-state index < -0.39 is 29.7 Å². The number of carbonyl (C=O) groups excluding carboxylic acids is 5. The van der Waals surface area contributed by atoms with Gasteiger partial charge in [-0.3, -0.25) is 43.9 Å². The van der Waals surface area contributed by atoms with Crippen molar-refractivity contribution in [2.45, 2.75) is 57.2 Å². The van der Waals surface area contributed by atoms with Gasteiger partial charge in [0.2, 0.25) is 17.8 Å². The number of likely N-dealkylation sites (tertiary alicyclic amines) is 1. The fraction of sp³-hybridized carbons (Fsp3) is 0.385. The highest BCUT2D eigenvalue weighted by molar-refractivity contribution is 6.33. The zero-order chi connectivity index (χ0) is 39.2. The van der Waals surface area contributed by atoms with Crippen LogP contribution in [0.25, 0.3) is 10.9 Å². The van der Waals surface area contributed by atoms with Crippen molar-refractivity contribution in [2.75, 3.05) is 43.0 Å². The third kappa shape index (κ3) is 7.17. The molecular formula is C39H39ClN8O8. The fourth-order valence-corrected chi connectivity index (χ4v) is 8.02. The minimum absolute atomic E-state index is 0.0612. The summed E-state index contributed by atoms with van der Waals surface area (Å²) in [6.45, 7) is 4.26. The smallest absolute Gasteiger partial charge is 0.293 e. The van der Waals surface area contributed by atoms with E-state index >= 15 is 0 Å². The second-order valence-electron chi connectivity index (χ2n) is 14.5. The third-order valence-corrected chi connectivity index (χ3v) is 11.0. The largest absolute Gasteiger partial charge is 0.489 e. The van der Waals surface area contributed by atoms with Crippen LogP contribution in [-0.2, 0) is 21.4 Å². The molecule has 2 aromatic heterocycles. The van der Waals surface area contributed by atoms with Crippen molar-refractivity contribution in [1.29, 1.82) is 0 Å². The Morgan fingerprint density at radius 2 is 1.75 bits per heavy atom. The monoisotopic (exact) mass is 782 g/mol. The minimum Gasteiger partial charge on any atom is -0.489 e. The molecule has 0 saturated carbocycles. The predicted molar refractivity (Wildman–Crippen MR) is 205 cm³/mol. The predicted octanol–water partition coefficient (Wildman–Crippen LogP) is 3.22. The van der Waals surface area contributed by atoms with Crippen molar-refractivity contribution in [3.63, 3.8) is 0 Å². The van der Waals surface area contributed by atoms with E-state index in [0.717, 1.165) is 49.2 Å². The molecule has 4 aromatic rings. The van der Waals surface area contributed by atoms with Crippen molar-refractivity contribution in [3.05, 3.63) is 75.2 Å². The maximum Gasteiger partial charge on any atom is 0.293 e. The van der Waals surface area contributed by atoms with Crippen molar-refractivity contribution in [3.8, 4) is 11.5 Å². The Kier molecular flexibility index (Phi) is 9.92. The quantitative estimate of drug-likeness (QED) is 0.224. The first-order valence-corrected chi connectivity index (χ1v) is 18.9. The van der Waals surface area contributed by atoms with Gasteiger partial charge in [-0.1, -0.05) is 11.6 Å². The minimum atomic E-state index is -1.02. The molecule has 3 saturated heterocycles. The van der Waals surface area contributed by atoms with Crippen molar-refractivity contribution in [2.24, 2.45) is 7.05 Å². The number of aromatic nitrogens is 3. The van der Waals surface area contributed by atoms with E-state index in [1.165, 1.54) is 11.5 Å². The van der Waals surface area contributed by atoms with Crippen LogP contribution in [-0.4, -0.2) is 105 Å². The Bertz CT molecular complexity index is 2360. The number of ether oxygens (including phenoxy) is 2. The summed E-state index contributed by atoms with van der Waals surface area (Å²) in [6.07, 6.45) is 4.23. The first-order valence-electron chi connectivity index (χ1n) is 18.5. The number of imide groups is 2. The van der Waals surface area contributed by atoms with Gasteiger partial charge in [0.25, 0.3) is 17.4 Å². The number of hydrogen-bond acceptors (Lipinski definition) is 13. The van der Waals surface area contributed by atoms with Gasteiger partial charge in [-0.25, -0.2) is 4.98 Å². The van der Waals surface area contributed by atoms with Crippen LogP contribution in [0, 0.1) is 0 Å². The van der Waals surface area contributed by atoms with E-state index in [-0.39, 0.29) is 53.8 Å². The van der Waals surface area contributed by atoms with E-state index in [1.54, 1.807) is 37.5 Å². The molecule has 4 aliphatic heterocycles. The average molecular weight is 783 g/mol. The molecule has 0 aliphatic carbocycles. The van der Waals surface area contributed by atoms with Gasteiger partial charge < -0.3 is 24.3 Å². The first kappa shape index (κ1) is 37.1. The van der Waals surface area contributed by atoms with Crippen LogP contribution in [0.3, 0.4) is 0 Å². The van der Waals surface area contributed by atoms with Gasteiger partial charge in [-0.2, -0.15) is 4.98 Å². The Hall–Kier alpha value is -5.87. The second kappa shape index (κ2) is 15.0. The summed E-state index contributed by atoms with van der Waals surface area (Å²) < 4.78 is 13.3. The molecular weight excluding hydrogens is 744 g/mol. The Morgan fingerprint density at radius 1 is 0.964 bits per heavy atom. The van der Waals surface area contributed by atoms with Crippen LogP contribution in [0.15, 0.2) is 53.5 Å². The summed E-state index contributed by atoms with van der Waals surface area (Å²) >= 11 is 6.54. The van der Waals surface area contributed by atoms with Crippen LogP contribution in [0.2, 0.25) is 5.02 Å². The average Bonchev–Trinajstić information content (AvgIpc) is 3.74. The van der Waals surface area contributed by atoms with Gasteiger partial charge in [0.15, 0.2) is 17.4 Å². The van der Waals surface area contributed by atoms with Crippen LogP contribution < -0.4 is 30.6 Å². The van der Waals surface area contributed by atoms with Gasteiger partial charge >= 0.3 is 0 Å². The van der Waals surface area contributed by atoms with E-state index in [2.05, 4.69) is 25.4 Å². The maximum atomic E-state index is 13.3. The molecule has 8 rings (SSSR count). The number of nitrogens with one attached hydrogen (secondary N) is 2. The number of hydrogen-bond donors (Lipinski definition) is 2. The molecule has 0 radical (unpaired) electrons. The number of Topliss-reactive ketones (excluding diaryl/α,β-unsaturated/α-hetero) is 1. The number of benzene rings is 2. The van der Waals surface area contributed by atoms with Crippen LogP contribution in [0.5, 0.6) is 11.5 Å². The van der Waals surface area contributed by atoms with E-state index in [0.29, 0.717) is 46.3 Å². The lowest BCUT2D eigenvalue weighted by molar-refractivity contribution is -0.136. The Labute approximate surface area is 325 Å². The molecule has 17 heteroatoms. The second-order valence-corrected chi connectivity index (χ2v) is 14.9. The number of nitrogens with zero attached hydrogens (tertiary/aromatic N) is 6. The Balaban J connectivity index is 0.868. The zero-order valence-corrected chi connectivity index (χ0v) is 31.5. The summed E-state index contributed by atoms with van der Waals surface area (Å²) in [7, 11) is 1.65. The summed E-state index contributed by atoms with van der Waals surface area (Å²) in [6, 6.07) is 11.3. The molecule has 3 fully saturated rings. The number of piperidine rings is 2. The lowest BCUT2D eigenvalue weighted by atomic mass is 10.0. The van der Waals surface area contributed by atoms with E-state index in [4.69, 9.17) is 26.1 Å². The van der Waals surface area contributed by atoms with Gasteiger partial charge in [0, 0.05) is 56.8 Å². The molecule has 2 unspecified atom stereocenters. The number of anilines is 3. The number of aryl methyl sites for hydroxylation is 1. The number of fused-ring (bicyclic) bond motifs is 2. The van der Waals surface area contributed by atoms with Gasteiger partial charge in [0.1, 0.15) is 29.5 Å². The molecule has 56 heavy (non-hydrogen) atoms. The molecule has 0 bridgehead atoms. The summed E-state index contributed by atoms with van der Waals surface area (Å²) in [5, 5.41) is 6.58. The number of ketones is 1. The molecule has 2 N–H and O–H groups in total. The molecule has 4 amide bonds. The normalized spacial score (nSPS) is 20.4. The molecule has 0 spiro atoms. The highest BCUT2D eigenvalue weighted by Gasteiger charge is 2.45. The van der Waals surface area contributed by atoms with Crippen LogP contribution in [0.1, 0.15) is 59.7 Å². The number of halogens is 1. The SMILES string of the molecule is CC(=O)COc1cc2cc(Nc3nc(N4CCC(N5CCC(Oc6ccc7c(c6)C(=O)N(C6CCC(=O)NC6=O)C7=O)C5)CC4)ncc3Cl)ccc2n(C)c1=O. The molecule has 4 aliphatic rings. The molecule has 2 atom stereocenters. The van der Waals surface area contributed by atoms with Gasteiger partial charge in [0.05, 0.1) is 22.8 Å². The third-order valence-electron chi connectivity index (χ3n) is 10.8.